The average molecular weight is 325 g/mol. The zero-order valence-corrected chi connectivity index (χ0v) is 13.0. The molecule has 0 N–H and O–H groups in total. The molecular weight excluding hydrogens is 310 g/mol. The van der Waals surface area contributed by atoms with Crippen molar-refractivity contribution in [2.45, 2.75) is 26.1 Å². The third-order valence-electron chi connectivity index (χ3n) is 4.50. The molecule has 7 heteroatoms. The van der Waals surface area contributed by atoms with E-state index in [4.69, 9.17) is 4.42 Å². The van der Waals surface area contributed by atoms with Gasteiger partial charge >= 0.3 is 5.76 Å². The lowest BCUT2D eigenvalue weighted by molar-refractivity contribution is -0.384. The van der Waals surface area contributed by atoms with Crippen molar-refractivity contribution in [3.8, 4) is 0 Å². The van der Waals surface area contributed by atoms with Crippen LogP contribution >= 0.6 is 0 Å². The van der Waals surface area contributed by atoms with Crippen molar-refractivity contribution < 1.29 is 9.34 Å². The molecule has 0 spiro atoms. The zero-order valence-electron chi connectivity index (χ0n) is 13.0. The molecule has 0 fully saturated rings. The predicted octanol–water partition coefficient (Wildman–Crippen LogP) is 2.91. The highest BCUT2D eigenvalue weighted by Crippen LogP contribution is 2.35. The Bertz CT molecular complexity index is 1000. The first kappa shape index (κ1) is 14.5. The van der Waals surface area contributed by atoms with Gasteiger partial charge < -0.3 is 9.32 Å². The molecule has 1 aromatic heterocycles. The first-order chi connectivity index (χ1) is 11.5. The van der Waals surface area contributed by atoms with Crippen molar-refractivity contribution in [1.82, 2.24) is 4.57 Å². The number of oxazole rings is 1. The van der Waals surface area contributed by atoms with E-state index >= 15 is 0 Å². The Morgan fingerprint density at radius 3 is 2.88 bits per heavy atom. The van der Waals surface area contributed by atoms with E-state index in [1.165, 1.54) is 6.07 Å². The molecule has 1 atom stereocenters. The van der Waals surface area contributed by atoms with Crippen molar-refractivity contribution in [3.05, 3.63) is 68.7 Å². The summed E-state index contributed by atoms with van der Waals surface area (Å²) in [5.41, 5.74) is 3.24. The molecule has 122 valence electrons. The molecule has 1 aliphatic rings. The minimum atomic E-state index is -0.404. The summed E-state index contributed by atoms with van der Waals surface area (Å²) in [5.74, 6) is -0.404. The minimum absolute atomic E-state index is 0.0914. The Morgan fingerprint density at radius 1 is 1.29 bits per heavy atom. The van der Waals surface area contributed by atoms with Crippen LogP contribution in [-0.4, -0.2) is 15.5 Å². The average Bonchev–Trinajstić information content (AvgIpc) is 3.04. The van der Waals surface area contributed by atoms with Crippen molar-refractivity contribution in [2.24, 2.45) is 0 Å². The van der Waals surface area contributed by atoms with Gasteiger partial charge in [0.2, 0.25) is 0 Å². The number of nitro benzene ring substituents is 1. The van der Waals surface area contributed by atoms with Gasteiger partial charge in [-0.15, -0.1) is 0 Å². The summed E-state index contributed by atoms with van der Waals surface area (Å²) in [5, 5.41) is 10.9. The van der Waals surface area contributed by atoms with E-state index < -0.39 is 5.76 Å². The third-order valence-corrected chi connectivity index (χ3v) is 4.50. The quantitative estimate of drug-likeness (QED) is 0.546. The number of nitro groups is 1. The molecule has 24 heavy (non-hydrogen) atoms. The highest BCUT2D eigenvalue weighted by Gasteiger charge is 2.28. The molecule has 0 aliphatic carbocycles. The van der Waals surface area contributed by atoms with Crippen LogP contribution in [0, 0.1) is 10.1 Å². The Labute approximate surface area is 136 Å². The van der Waals surface area contributed by atoms with Gasteiger partial charge in [0, 0.05) is 23.9 Å². The Balaban J connectivity index is 1.74. The number of rotatable bonds is 3. The van der Waals surface area contributed by atoms with Crippen molar-refractivity contribution >= 4 is 22.5 Å². The summed E-state index contributed by atoms with van der Waals surface area (Å²) in [6.45, 7) is 2.39. The zero-order chi connectivity index (χ0) is 16.8. The van der Waals surface area contributed by atoms with Gasteiger partial charge in [-0.1, -0.05) is 12.1 Å². The molecule has 0 saturated carbocycles. The number of anilines is 1. The topological polar surface area (TPSA) is 81.5 Å². The van der Waals surface area contributed by atoms with Crippen LogP contribution in [0.15, 0.2) is 51.7 Å². The molecule has 4 rings (SSSR count). The highest BCUT2D eigenvalue weighted by molar-refractivity contribution is 5.73. The lowest BCUT2D eigenvalue weighted by Crippen LogP contribution is -2.34. The second-order valence-electron chi connectivity index (χ2n) is 6.00. The Morgan fingerprint density at radius 2 is 2.08 bits per heavy atom. The fourth-order valence-corrected chi connectivity index (χ4v) is 3.31. The van der Waals surface area contributed by atoms with E-state index in [0.717, 1.165) is 16.8 Å². The maximum absolute atomic E-state index is 12.2. The van der Waals surface area contributed by atoms with Gasteiger partial charge in [0.15, 0.2) is 5.58 Å². The van der Waals surface area contributed by atoms with E-state index in [-0.39, 0.29) is 16.7 Å². The number of aromatic nitrogens is 1. The maximum atomic E-state index is 12.2. The van der Waals surface area contributed by atoms with Gasteiger partial charge in [-0.25, -0.2) is 4.79 Å². The molecule has 0 unspecified atom stereocenters. The predicted molar refractivity (Wildman–Crippen MR) is 89.2 cm³/mol. The number of para-hydroxylation sites is 2. The van der Waals surface area contributed by atoms with E-state index in [9.17, 15) is 14.9 Å². The summed E-state index contributed by atoms with van der Waals surface area (Å²) in [7, 11) is 0. The van der Waals surface area contributed by atoms with Crippen LogP contribution in [0.4, 0.5) is 11.4 Å². The van der Waals surface area contributed by atoms with E-state index in [2.05, 4.69) is 4.90 Å². The van der Waals surface area contributed by atoms with Gasteiger partial charge in [-0.3, -0.25) is 14.7 Å². The molecule has 1 aliphatic heterocycles. The van der Waals surface area contributed by atoms with Gasteiger partial charge in [0.05, 0.1) is 10.4 Å². The van der Waals surface area contributed by atoms with E-state index in [1.54, 1.807) is 22.8 Å². The molecule has 0 saturated heterocycles. The molecule has 3 aromatic rings. The fraction of sp³-hybridized carbons (Fsp3) is 0.235. The van der Waals surface area contributed by atoms with Crippen LogP contribution < -0.4 is 10.7 Å². The van der Waals surface area contributed by atoms with Crippen molar-refractivity contribution in [1.29, 1.82) is 0 Å². The molecule has 2 aromatic carbocycles. The van der Waals surface area contributed by atoms with Crippen molar-refractivity contribution in [2.75, 3.05) is 4.90 Å². The first-order valence-electron chi connectivity index (χ1n) is 7.67. The number of non-ortho nitro benzene ring substituents is 1. The third kappa shape index (κ3) is 2.17. The van der Waals surface area contributed by atoms with Crippen LogP contribution in [-0.2, 0) is 13.1 Å². The SMILES string of the molecule is C[C@H]1Cc2cc([N+](=O)[O-])ccc2N1Cn1c(=O)oc2ccccc21. The molecular formula is C17H15N3O4. The fourth-order valence-electron chi connectivity index (χ4n) is 3.31. The number of benzene rings is 2. The molecule has 0 radical (unpaired) electrons. The van der Waals surface area contributed by atoms with Gasteiger partial charge in [-0.05, 0) is 37.1 Å². The second kappa shape index (κ2) is 5.23. The van der Waals surface area contributed by atoms with E-state index in [1.807, 2.05) is 25.1 Å². The summed E-state index contributed by atoms with van der Waals surface area (Å²) in [6.07, 6.45) is 0.710. The number of hydrogen-bond donors (Lipinski definition) is 0. The summed E-state index contributed by atoms with van der Waals surface area (Å²) >= 11 is 0. The largest absolute Gasteiger partial charge is 0.421 e. The number of fused-ring (bicyclic) bond motifs is 2. The highest BCUT2D eigenvalue weighted by atomic mass is 16.6. The molecule has 0 bridgehead atoms. The Hall–Kier alpha value is -3.09. The van der Waals surface area contributed by atoms with Crippen LogP contribution in [0.3, 0.4) is 0 Å². The Kier molecular flexibility index (Phi) is 3.16. The first-order valence-corrected chi connectivity index (χ1v) is 7.67. The smallest absolute Gasteiger partial charge is 0.408 e. The monoisotopic (exact) mass is 325 g/mol. The van der Waals surface area contributed by atoms with Crippen LogP contribution in [0.1, 0.15) is 12.5 Å². The molecule has 2 heterocycles. The summed E-state index contributed by atoms with van der Waals surface area (Å²) in [6, 6.07) is 12.3. The lowest BCUT2D eigenvalue weighted by Gasteiger charge is -2.24. The van der Waals surface area contributed by atoms with Gasteiger partial charge in [-0.2, -0.15) is 0 Å². The number of nitrogens with zero attached hydrogens (tertiary/aromatic N) is 3. The summed E-state index contributed by atoms with van der Waals surface area (Å²) < 4.78 is 6.86. The van der Waals surface area contributed by atoms with Crippen LogP contribution in [0.25, 0.3) is 11.1 Å². The summed E-state index contributed by atoms with van der Waals surface area (Å²) in [4.78, 5) is 24.8. The maximum Gasteiger partial charge on any atom is 0.421 e. The van der Waals surface area contributed by atoms with Crippen LogP contribution in [0.5, 0.6) is 0 Å². The lowest BCUT2D eigenvalue weighted by atomic mass is 10.1. The van der Waals surface area contributed by atoms with Gasteiger partial charge in [0.25, 0.3) is 5.69 Å². The number of hydrogen-bond acceptors (Lipinski definition) is 5. The molecule has 0 amide bonds. The van der Waals surface area contributed by atoms with Gasteiger partial charge in [0.1, 0.15) is 6.67 Å². The second-order valence-corrected chi connectivity index (χ2v) is 6.00. The minimum Gasteiger partial charge on any atom is -0.408 e. The normalized spacial score (nSPS) is 16.5. The standard InChI is InChI=1S/C17H15N3O4/c1-11-8-12-9-13(20(22)23)6-7-14(12)18(11)10-19-15-4-2-3-5-16(15)24-17(19)21/h2-7,9,11H,8,10H2,1H3/t11-/m0/s1. The van der Waals surface area contributed by atoms with Crippen LogP contribution in [0.2, 0.25) is 0 Å². The van der Waals surface area contributed by atoms with Crippen molar-refractivity contribution in [3.63, 3.8) is 0 Å². The molecule has 7 nitrogen and oxygen atoms in total. The van der Waals surface area contributed by atoms with E-state index in [0.29, 0.717) is 18.7 Å².